The normalized spacial score (nSPS) is 16.0. The summed E-state index contributed by atoms with van der Waals surface area (Å²) < 4.78 is 13.7. The molecule has 1 saturated heterocycles. The lowest BCUT2D eigenvalue weighted by molar-refractivity contribution is 0.131. The molecule has 0 saturated carbocycles. The first-order valence-corrected chi connectivity index (χ1v) is 8.57. The number of rotatable bonds is 4. The zero-order valence-corrected chi connectivity index (χ0v) is 14.6. The van der Waals surface area contributed by atoms with Gasteiger partial charge in [-0.3, -0.25) is 9.91 Å². The van der Waals surface area contributed by atoms with Gasteiger partial charge in [0.1, 0.15) is 5.82 Å². The van der Waals surface area contributed by atoms with E-state index in [1.54, 1.807) is 12.1 Å². The van der Waals surface area contributed by atoms with E-state index in [0.717, 1.165) is 37.7 Å². The van der Waals surface area contributed by atoms with Crippen LogP contribution in [0.15, 0.2) is 47.6 Å². The van der Waals surface area contributed by atoms with E-state index in [9.17, 15) is 4.39 Å². The van der Waals surface area contributed by atoms with Crippen LogP contribution in [0.25, 0.3) is 0 Å². The number of hydrazone groups is 1. The molecule has 126 valence electrons. The molecule has 2 aromatic carbocycles. The predicted molar refractivity (Wildman–Crippen MR) is 97.3 cm³/mol. The van der Waals surface area contributed by atoms with Gasteiger partial charge >= 0.3 is 0 Å². The van der Waals surface area contributed by atoms with E-state index in [-0.39, 0.29) is 5.82 Å². The van der Waals surface area contributed by atoms with Crippen LogP contribution in [-0.4, -0.2) is 42.3 Å². The average molecular weight is 366 g/mol. The summed E-state index contributed by atoms with van der Waals surface area (Å²) in [5.74, 6) is -0.354. The van der Waals surface area contributed by atoms with Crippen molar-refractivity contribution >= 4 is 29.4 Å². The Kier molecular flexibility index (Phi) is 5.72. The summed E-state index contributed by atoms with van der Waals surface area (Å²) in [5.41, 5.74) is 1.58. The van der Waals surface area contributed by atoms with Gasteiger partial charge in [0.2, 0.25) is 0 Å². The number of piperazine rings is 1. The van der Waals surface area contributed by atoms with Crippen molar-refractivity contribution in [1.82, 2.24) is 9.91 Å². The second-order valence-electron chi connectivity index (χ2n) is 5.74. The molecule has 0 spiro atoms. The quantitative estimate of drug-likeness (QED) is 0.752. The lowest BCUT2D eigenvalue weighted by atomic mass is 10.2. The van der Waals surface area contributed by atoms with Gasteiger partial charge in [0.25, 0.3) is 0 Å². The highest BCUT2D eigenvalue weighted by molar-refractivity contribution is 6.33. The highest BCUT2D eigenvalue weighted by Crippen LogP contribution is 2.17. The third-order valence-corrected chi connectivity index (χ3v) is 4.60. The maximum Gasteiger partial charge on any atom is 0.133 e. The lowest BCUT2D eigenvalue weighted by Gasteiger charge is -2.33. The van der Waals surface area contributed by atoms with Crippen LogP contribution in [0, 0.1) is 5.82 Å². The monoisotopic (exact) mass is 365 g/mol. The van der Waals surface area contributed by atoms with Gasteiger partial charge in [-0.15, -0.1) is 0 Å². The Morgan fingerprint density at radius 2 is 1.71 bits per heavy atom. The van der Waals surface area contributed by atoms with Crippen molar-refractivity contribution in [1.29, 1.82) is 0 Å². The zero-order chi connectivity index (χ0) is 16.9. The van der Waals surface area contributed by atoms with E-state index >= 15 is 0 Å². The molecular weight excluding hydrogens is 348 g/mol. The summed E-state index contributed by atoms with van der Waals surface area (Å²) in [6.07, 6.45) is 1.51. The fourth-order valence-corrected chi connectivity index (χ4v) is 2.97. The van der Waals surface area contributed by atoms with E-state index < -0.39 is 0 Å². The third kappa shape index (κ3) is 4.47. The minimum atomic E-state index is -0.354. The molecule has 1 aliphatic heterocycles. The second kappa shape index (κ2) is 7.97. The molecule has 24 heavy (non-hydrogen) atoms. The van der Waals surface area contributed by atoms with Gasteiger partial charge in [-0.1, -0.05) is 41.4 Å². The van der Waals surface area contributed by atoms with E-state index in [0.29, 0.717) is 10.6 Å². The maximum absolute atomic E-state index is 13.7. The summed E-state index contributed by atoms with van der Waals surface area (Å²) in [5, 5.41) is 7.44. The Morgan fingerprint density at radius 1 is 1.00 bits per heavy atom. The van der Waals surface area contributed by atoms with Crippen molar-refractivity contribution in [2.24, 2.45) is 5.10 Å². The first-order valence-electron chi connectivity index (χ1n) is 7.81. The molecule has 0 aromatic heterocycles. The van der Waals surface area contributed by atoms with Gasteiger partial charge in [0, 0.05) is 43.3 Å². The first kappa shape index (κ1) is 17.2. The standard InChI is InChI=1S/C18H18Cl2FN3/c19-15-6-4-14(5-7-15)13-23-8-10-24(11-9-23)22-12-16-17(20)2-1-3-18(16)21/h1-7,12H,8-11,13H2/b22-12-. The van der Waals surface area contributed by atoms with Crippen LogP contribution in [-0.2, 0) is 6.54 Å². The number of halogens is 3. The number of hydrogen-bond acceptors (Lipinski definition) is 3. The summed E-state index contributed by atoms with van der Waals surface area (Å²) in [7, 11) is 0. The largest absolute Gasteiger partial charge is 0.295 e. The Hall–Kier alpha value is -1.62. The fraction of sp³-hybridized carbons (Fsp3) is 0.278. The summed E-state index contributed by atoms with van der Waals surface area (Å²) >= 11 is 11.9. The van der Waals surface area contributed by atoms with Crippen molar-refractivity contribution in [3.8, 4) is 0 Å². The van der Waals surface area contributed by atoms with Crippen LogP contribution in [0.3, 0.4) is 0 Å². The van der Waals surface area contributed by atoms with Crippen molar-refractivity contribution in [3.63, 3.8) is 0 Å². The molecule has 2 aromatic rings. The Morgan fingerprint density at radius 3 is 2.38 bits per heavy atom. The minimum Gasteiger partial charge on any atom is -0.295 e. The summed E-state index contributed by atoms with van der Waals surface area (Å²) in [6, 6.07) is 12.6. The predicted octanol–water partition coefficient (Wildman–Crippen LogP) is 4.28. The fourth-order valence-electron chi connectivity index (χ4n) is 2.63. The molecule has 6 heteroatoms. The summed E-state index contributed by atoms with van der Waals surface area (Å²) in [4.78, 5) is 2.37. The van der Waals surface area contributed by atoms with Crippen LogP contribution in [0.2, 0.25) is 10.0 Å². The van der Waals surface area contributed by atoms with Crippen LogP contribution in [0.5, 0.6) is 0 Å². The Balaban J connectivity index is 1.53. The van der Waals surface area contributed by atoms with Crippen molar-refractivity contribution in [3.05, 3.63) is 69.5 Å². The lowest BCUT2D eigenvalue weighted by Crippen LogP contribution is -2.43. The molecule has 3 rings (SSSR count). The Labute approximate surface area is 151 Å². The first-order chi connectivity index (χ1) is 11.6. The third-order valence-electron chi connectivity index (χ3n) is 4.02. The highest BCUT2D eigenvalue weighted by atomic mass is 35.5. The van der Waals surface area contributed by atoms with Crippen LogP contribution in [0.4, 0.5) is 4.39 Å². The van der Waals surface area contributed by atoms with E-state index in [1.807, 2.05) is 29.3 Å². The number of nitrogens with zero attached hydrogens (tertiary/aromatic N) is 3. The smallest absolute Gasteiger partial charge is 0.133 e. The van der Waals surface area contributed by atoms with Crippen LogP contribution in [0.1, 0.15) is 11.1 Å². The molecule has 1 fully saturated rings. The number of benzene rings is 2. The molecular formula is C18H18Cl2FN3. The van der Waals surface area contributed by atoms with Gasteiger partial charge < -0.3 is 0 Å². The van der Waals surface area contributed by atoms with E-state index in [2.05, 4.69) is 10.0 Å². The minimum absolute atomic E-state index is 0.336. The van der Waals surface area contributed by atoms with E-state index in [4.69, 9.17) is 23.2 Å². The topological polar surface area (TPSA) is 18.8 Å². The molecule has 0 bridgehead atoms. The molecule has 0 N–H and O–H groups in total. The van der Waals surface area contributed by atoms with Crippen molar-refractivity contribution < 1.29 is 4.39 Å². The van der Waals surface area contributed by atoms with Crippen LogP contribution < -0.4 is 0 Å². The SMILES string of the molecule is Fc1cccc(Cl)c1/C=N\N1CCN(Cc2ccc(Cl)cc2)CC1. The van der Waals surface area contributed by atoms with Gasteiger partial charge in [-0.05, 0) is 29.8 Å². The molecule has 0 aliphatic carbocycles. The molecule has 0 amide bonds. The molecule has 1 aliphatic rings. The molecule has 0 radical (unpaired) electrons. The Bertz CT molecular complexity index is 690. The maximum atomic E-state index is 13.7. The molecule has 0 unspecified atom stereocenters. The average Bonchev–Trinajstić information content (AvgIpc) is 2.58. The van der Waals surface area contributed by atoms with Crippen molar-refractivity contribution in [2.45, 2.75) is 6.54 Å². The molecule has 1 heterocycles. The highest BCUT2D eigenvalue weighted by Gasteiger charge is 2.15. The molecule has 3 nitrogen and oxygen atoms in total. The second-order valence-corrected chi connectivity index (χ2v) is 6.58. The van der Waals surface area contributed by atoms with Gasteiger partial charge in [-0.2, -0.15) is 5.10 Å². The van der Waals surface area contributed by atoms with Gasteiger partial charge in [0.05, 0.1) is 11.2 Å². The van der Waals surface area contributed by atoms with Crippen molar-refractivity contribution in [2.75, 3.05) is 26.2 Å². The van der Waals surface area contributed by atoms with Gasteiger partial charge in [0.15, 0.2) is 0 Å². The summed E-state index contributed by atoms with van der Waals surface area (Å²) in [6.45, 7) is 4.32. The van der Waals surface area contributed by atoms with Gasteiger partial charge in [-0.25, -0.2) is 4.39 Å². The number of hydrogen-bond donors (Lipinski definition) is 0. The zero-order valence-electron chi connectivity index (χ0n) is 13.1. The van der Waals surface area contributed by atoms with E-state index in [1.165, 1.54) is 17.8 Å². The van der Waals surface area contributed by atoms with Crippen LogP contribution >= 0.6 is 23.2 Å². The molecule has 0 atom stereocenters.